The third kappa shape index (κ3) is 4.62. The van der Waals surface area contributed by atoms with E-state index in [0.717, 1.165) is 11.1 Å². The summed E-state index contributed by atoms with van der Waals surface area (Å²) >= 11 is 2.22. The minimum absolute atomic E-state index is 0.0181. The summed E-state index contributed by atoms with van der Waals surface area (Å²) in [5, 5.41) is 0. The van der Waals surface area contributed by atoms with Gasteiger partial charge in [0.2, 0.25) is 5.91 Å². The Labute approximate surface area is 169 Å². The Morgan fingerprint density at radius 1 is 0.885 bits per heavy atom. The predicted octanol–water partition coefficient (Wildman–Crippen LogP) is 5.27. The molecule has 0 aliphatic rings. The fourth-order valence-corrected chi connectivity index (χ4v) is 3.29. The van der Waals surface area contributed by atoms with Crippen LogP contribution in [0.4, 0.5) is 0 Å². The van der Waals surface area contributed by atoms with Gasteiger partial charge in [0.1, 0.15) is 0 Å². The zero-order valence-corrected chi connectivity index (χ0v) is 17.0. The molecular weight excluding hydrogens is 436 g/mol. The van der Waals surface area contributed by atoms with Crippen LogP contribution >= 0.6 is 9.53 Å². The average Bonchev–Trinajstić information content (AvgIpc) is 2.66. The van der Waals surface area contributed by atoms with Crippen LogP contribution in [-0.2, 0) is 18.2 Å². The number of amides is 1. The van der Waals surface area contributed by atoms with E-state index < -0.39 is 5.91 Å². The van der Waals surface area contributed by atoms with Gasteiger partial charge in [0.05, 0.1) is 0 Å². The number of aryl methyl sites for hydroxylation is 2. The van der Waals surface area contributed by atoms with Crippen molar-refractivity contribution in [1.29, 1.82) is 0 Å². The monoisotopic (exact) mass is 456 g/mol. The number of primary amides is 1. The van der Waals surface area contributed by atoms with Crippen molar-refractivity contribution < 1.29 is 23.0 Å². The number of nitrogens with two attached hydrogens (primary N) is 1. The first kappa shape index (κ1) is 20.4. The van der Waals surface area contributed by atoms with Crippen LogP contribution in [0.5, 0.6) is 0 Å². The second-order valence-electron chi connectivity index (χ2n) is 6.16. The van der Waals surface area contributed by atoms with Crippen molar-refractivity contribution in [2.24, 2.45) is 5.73 Å². The van der Waals surface area contributed by atoms with Crippen LogP contribution in [0.1, 0.15) is 44.1 Å². The molecule has 0 saturated carbocycles. The zero-order chi connectivity index (χ0) is 19.1. The Morgan fingerprint density at radius 2 is 1.50 bits per heavy atom. The number of hydrogen-bond acceptors (Lipinski definition) is 1. The second kappa shape index (κ2) is 9.69. The number of carbonyl (C=O) groups excluding carboxylic acids is 1. The first-order valence-corrected chi connectivity index (χ1v) is 10.2. The standard InChI is InChI=1S/C22H21NO.ClH.Pd/c1-15-12-13-18(16(2)14-15)21(17-8-4-3-5-9-17)19-10-6-7-11-20(19)22(23)24;;/h3-14,21H,1-2H3,(H2,23,24);1H;/q;;+1/p-1. The first-order chi connectivity index (χ1) is 12.6. The minimum atomic E-state index is -0.392. The third-order valence-corrected chi connectivity index (χ3v) is 4.41. The molecule has 137 valence electrons. The molecule has 1 atom stereocenters. The molecule has 3 aromatic carbocycles. The summed E-state index contributed by atoms with van der Waals surface area (Å²) < 4.78 is 0. The van der Waals surface area contributed by atoms with Gasteiger partial charge in [-0.25, -0.2) is 0 Å². The summed E-state index contributed by atoms with van der Waals surface area (Å²) in [6.07, 6.45) is 0. The van der Waals surface area contributed by atoms with E-state index in [4.69, 9.17) is 5.73 Å². The maximum atomic E-state index is 12.0. The van der Waals surface area contributed by atoms with Gasteiger partial charge in [0.15, 0.2) is 0 Å². The molecule has 2 nitrogen and oxygen atoms in total. The molecule has 4 heteroatoms. The Bertz CT molecular complexity index is 880. The number of rotatable bonds is 4. The SMILES string of the molecule is Cc1ccc(C(c2ccccc2)c2ccccc2C(N)=O)c(C)c1.[Cl][Pd]. The topological polar surface area (TPSA) is 43.1 Å². The predicted molar refractivity (Wildman–Crippen MR) is 104 cm³/mol. The van der Waals surface area contributed by atoms with Gasteiger partial charge in [0, 0.05) is 11.5 Å². The van der Waals surface area contributed by atoms with Gasteiger partial charge in [-0.2, -0.15) is 0 Å². The van der Waals surface area contributed by atoms with Gasteiger partial charge < -0.3 is 5.73 Å². The van der Waals surface area contributed by atoms with Gasteiger partial charge in [-0.3, -0.25) is 4.79 Å². The van der Waals surface area contributed by atoms with Crippen molar-refractivity contribution in [1.82, 2.24) is 0 Å². The van der Waals surface area contributed by atoms with Crippen LogP contribution in [0.3, 0.4) is 0 Å². The van der Waals surface area contributed by atoms with E-state index in [1.54, 1.807) is 6.07 Å². The van der Waals surface area contributed by atoms with Crippen LogP contribution in [-0.4, -0.2) is 5.91 Å². The zero-order valence-electron chi connectivity index (χ0n) is 14.7. The fraction of sp³-hybridized carbons (Fsp3) is 0.136. The summed E-state index contributed by atoms with van der Waals surface area (Å²) in [4.78, 5) is 12.0. The molecule has 1 amide bonds. The number of halogens is 1. The van der Waals surface area contributed by atoms with Crippen LogP contribution in [0.15, 0.2) is 72.8 Å². The summed E-state index contributed by atoms with van der Waals surface area (Å²) in [5.74, 6) is -0.410. The molecule has 0 bridgehead atoms. The van der Waals surface area contributed by atoms with E-state index in [9.17, 15) is 4.79 Å². The van der Waals surface area contributed by atoms with Crippen molar-refractivity contribution in [2.45, 2.75) is 19.8 Å². The molecule has 0 aromatic heterocycles. The molecule has 3 aromatic rings. The van der Waals surface area contributed by atoms with Gasteiger partial charge in [-0.15, -0.1) is 0 Å². The molecule has 1 unspecified atom stereocenters. The van der Waals surface area contributed by atoms with Gasteiger partial charge >= 0.3 is 27.7 Å². The van der Waals surface area contributed by atoms with Crippen LogP contribution < -0.4 is 5.73 Å². The molecular formula is C22H21ClNOPd. The van der Waals surface area contributed by atoms with Crippen molar-refractivity contribution in [3.05, 3.63) is 106 Å². The Morgan fingerprint density at radius 3 is 2.12 bits per heavy atom. The van der Waals surface area contributed by atoms with E-state index in [1.807, 2.05) is 36.4 Å². The van der Waals surface area contributed by atoms with Crippen LogP contribution in [0.2, 0.25) is 0 Å². The normalized spacial score (nSPS) is 11.3. The molecule has 0 spiro atoms. The summed E-state index contributed by atoms with van der Waals surface area (Å²) in [7, 11) is 4.49. The molecule has 26 heavy (non-hydrogen) atoms. The number of carbonyl (C=O) groups is 1. The molecule has 2 N–H and O–H groups in total. The Balaban J connectivity index is 0.00000117. The Kier molecular flexibility index (Phi) is 7.60. The molecule has 0 radical (unpaired) electrons. The van der Waals surface area contributed by atoms with Crippen LogP contribution in [0.25, 0.3) is 0 Å². The van der Waals surface area contributed by atoms with E-state index in [2.05, 4.69) is 71.9 Å². The molecule has 0 fully saturated rings. The molecule has 0 saturated heterocycles. The van der Waals surface area contributed by atoms with Crippen molar-refractivity contribution in [2.75, 3.05) is 0 Å². The fourth-order valence-electron chi connectivity index (χ4n) is 3.29. The van der Waals surface area contributed by atoms with Gasteiger partial charge in [-0.05, 0) is 42.2 Å². The van der Waals surface area contributed by atoms with E-state index in [1.165, 1.54) is 16.7 Å². The average molecular weight is 457 g/mol. The van der Waals surface area contributed by atoms with Crippen molar-refractivity contribution in [3.63, 3.8) is 0 Å². The molecule has 0 aliphatic heterocycles. The first-order valence-electron chi connectivity index (χ1n) is 8.20. The van der Waals surface area contributed by atoms with E-state index >= 15 is 0 Å². The number of hydrogen-bond donors (Lipinski definition) is 1. The molecule has 0 heterocycles. The van der Waals surface area contributed by atoms with Crippen molar-refractivity contribution >= 4 is 15.4 Å². The van der Waals surface area contributed by atoms with Gasteiger partial charge in [-0.1, -0.05) is 72.3 Å². The van der Waals surface area contributed by atoms with Crippen LogP contribution in [0, 0.1) is 13.8 Å². The summed E-state index contributed by atoms with van der Waals surface area (Å²) in [6.45, 7) is 4.21. The van der Waals surface area contributed by atoms with Crippen molar-refractivity contribution in [3.8, 4) is 0 Å². The maximum absolute atomic E-state index is 12.0. The van der Waals surface area contributed by atoms with E-state index in [0.29, 0.717) is 5.56 Å². The summed E-state index contributed by atoms with van der Waals surface area (Å²) in [5.41, 5.74) is 11.9. The summed E-state index contributed by atoms with van der Waals surface area (Å²) in [6, 6.07) is 24.3. The molecule has 0 aliphatic carbocycles. The quantitative estimate of drug-likeness (QED) is 0.421. The number of benzene rings is 3. The third-order valence-electron chi connectivity index (χ3n) is 4.41. The van der Waals surface area contributed by atoms with E-state index in [-0.39, 0.29) is 5.92 Å². The van der Waals surface area contributed by atoms with Gasteiger partial charge in [0.25, 0.3) is 0 Å². The second-order valence-corrected chi connectivity index (χ2v) is 6.16. The Hall–Kier alpha value is -1.92. The molecule has 3 rings (SSSR count).